The number of fused-ring (bicyclic) bond motifs is 2. The molecule has 7 nitrogen and oxygen atoms in total. The predicted octanol–water partition coefficient (Wildman–Crippen LogP) is 3.71. The molecular weight excluding hydrogens is 471 g/mol. The molecular formula is C23H34F3N3O4S. The highest BCUT2D eigenvalue weighted by Gasteiger charge is 2.47. The summed E-state index contributed by atoms with van der Waals surface area (Å²) in [5, 5.41) is 2.83. The van der Waals surface area contributed by atoms with E-state index in [-0.39, 0.29) is 11.7 Å². The van der Waals surface area contributed by atoms with Crippen molar-refractivity contribution in [2.45, 2.75) is 69.7 Å². The smallest absolute Gasteiger partial charge is 0.416 e. The summed E-state index contributed by atoms with van der Waals surface area (Å²) in [6, 6.07) is 4.45. The standard InChI is InChI=1S/C23H34F3N3O4S/c1-21(2,33-19-7-5-6-18(13-19)23(24,25)26)20(30)27-11-9-17-12-16-8-10-22(14-16,15-17)28-34(31,32)29(3)4/h5-7,13,16-17,28H,8-12,14-15H2,1-4H3,(H,27,30)/t16-,17?,22-/m0/s1. The van der Waals surface area contributed by atoms with Gasteiger partial charge in [0.1, 0.15) is 5.75 Å². The van der Waals surface area contributed by atoms with Crippen LogP contribution >= 0.6 is 0 Å². The van der Waals surface area contributed by atoms with Gasteiger partial charge in [0.05, 0.1) is 5.56 Å². The minimum absolute atomic E-state index is 0.0334. The van der Waals surface area contributed by atoms with Gasteiger partial charge in [-0.1, -0.05) is 6.07 Å². The second-order valence-corrected chi connectivity index (χ2v) is 12.2. The van der Waals surface area contributed by atoms with Gasteiger partial charge in [-0.05, 0) is 82.4 Å². The minimum atomic E-state index is -4.50. The first-order valence-electron chi connectivity index (χ1n) is 11.5. The maximum Gasteiger partial charge on any atom is 0.416 e. The van der Waals surface area contributed by atoms with Crippen LogP contribution in [0.1, 0.15) is 57.9 Å². The van der Waals surface area contributed by atoms with Crippen molar-refractivity contribution >= 4 is 16.1 Å². The SMILES string of the molecule is CN(C)S(=O)(=O)N[C@]12CC[C@@H](CC(CCNC(=O)C(C)(C)Oc3cccc(C(F)(F)F)c3)C1)C2. The average Bonchev–Trinajstić information content (AvgIpc) is 3.00. The Morgan fingerprint density at radius 3 is 2.59 bits per heavy atom. The lowest BCUT2D eigenvalue weighted by Gasteiger charge is -2.39. The van der Waals surface area contributed by atoms with Crippen molar-refractivity contribution in [3.05, 3.63) is 29.8 Å². The molecule has 0 heterocycles. The largest absolute Gasteiger partial charge is 0.478 e. The number of halogens is 3. The minimum Gasteiger partial charge on any atom is -0.478 e. The van der Waals surface area contributed by atoms with E-state index < -0.39 is 39.0 Å². The Morgan fingerprint density at radius 2 is 1.94 bits per heavy atom. The Morgan fingerprint density at radius 1 is 1.24 bits per heavy atom. The lowest BCUT2D eigenvalue weighted by Crippen LogP contribution is -2.53. The Labute approximate surface area is 199 Å². The summed E-state index contributed by atoms with van der Waals surface area (Å²) >= 11 is 0. The van der Waals surface area contributed by atoms with Gasteiger partial charge in [-0.3, -0.25) is 4.79 Å². The highest BCUT2D eigenvalue weighted by atomic mass is 32.2. The number of nitrogens with zero attached hydrogens (tertiary/aromatic N) is 1. The van der Waals surface area contributed by atoms with Crippen LogP contribution in [0.3, 0.4) is 0 Å². The fraction of sp³-hybridized carbons (Fsp3) is 0.696. The molecule has 2 fully saturated rings. The number of nitrogens with one attached hydrogen (secondary N) is 2. The summed E-state index contributed by atoms with van der Waals surface area (Å²) in [5.41, 5.74) is -2.64. The average molecular weight is 506 g/mol. The van der Waals surface area contributed by atoms with E-state index in [9.17, 15) is 26.4 Å². The molecule has 0 aliphatic heterocycles. The zero-order valence-corrected chi connectivity index (χ0v) is 20.9. The number of benzene rings is 1. The van der Waals surface area contributed by atoms with Crippen LogP contribution in [-0.4, -0.2) is 50.4 Å². The van der Waals surface area contributed by atoms with Crippen LogP contribution in [-0.2, 0) is 21.2 Å². The first-order valence-corrected chi connectivity index (χ1v) is 12.9. The van der Waals surface area contributed by atoms with E-state index in [0.29, 0.717) is 18.9 Å². The molecule has 3 rings (SSSR count). The third-order valence-electron chi connectivity index (χ3n) is 6.80. The van der Waals surface area contributed by atoms with Gasteiger partial charge in [0, 0.05) is 26.2 Å². The molecule has 2 saturated carbocycles. The molecule has 1 amide bonds. The molecule has 34 heavy (non-hydrogen) atoms. The van der Waals surface area contributed by atoms with E-state index in [1.807, 2.05) is 0 Å². The van der Waals surface area contributed by atoms with Gasteiger partial charge >= 0.3 is 6.18 Å². The van der Waals surface area contributed by atoms with Gasteiger partial charge in [-0.2, -0.15) is 30.6 Å². The number of amides is 1. The second kappa shape index (κ2) is 9.66. The molecule has 0 aromatic heterocycles. The Balaban J connectivity index is 1.54. The highest BCUT2D eigenvalue weighted by Crippen LogP contribution is 2.48. The zero-order chi connectivity index (χ0) is 25.4. The number of alkyl halides is 3. The summed E-state index contributed by atoms with van der Waals surface area (Å²) in [6.07, 6.45) is 0.529. The highest BCUT2D eigenvalue weighted by molar-refractivity contribution is 7.87. The topological polar surface area (TPSA) is 87.7 Å². The quantitative estimate of drug-likeness (QED) is 0.536. The van der Waals surface area contributed by atoms with Crippen molar-refractivity contribution in [3.63, 3.8) is 0 Å². The van der Waals surface area contributed by atoms with Crippen LogP contribution in [0.15, 0.2) is 24.3 Å². The van der Waals surface area contributed by atoms with Crippen LogP contribution < -0.4 is 14.8 Å². The van der Waals surface area contributed by atoms with Crippen molar-refractivity contribution in [2.24, 2.45) is 11.8 Å². The molecule has 0 saturated heterocycles. The van der Waals surface area contributed by atoms with E-state index in [0.717, 1.165) is 44.2 Å². The van der Waals surface area contributed by atoms with E-state index in [4.69, 9.17) is 4.74 Å². The number of carbonyl (C=O) groups is 1. The van der Waals surface area contributed by atoms with Crippen LogP contribution in [0.2, 0.25) is 0 Å². The van der Waals surface area contributed by atoms with Crippen molar-refractivity contribution in [3.8, 4) is 5.75 Å². The Kier molecular flexibility index (Phi) is 7.60. The van der Waals surface area contributed by atoms with E-state index >= 15 is 0 Å². The maximum absolute atomic E-state index is 12.9. The molecule has 0 radical (unpaired) electrons. The fourth-order valence-electron chi connectivity index (χ4n) is 5.13. The number of carbonyl (C=O) groups excluding carboxylic acids is 1. The lowest BCUT2D eigenvalue weighted by molar-refractivity contribution is -0.137. The van der Waals surface area contributed by atoms with Crippen molar-refractivity contribution in [1.82, 2.24) is 14.3 Å². The first kappa shape index (κ1) is 26.7. The molecule has 0 spiro atoms. The number of ether oxygens (including phenoxy) is 1. The Bertz CT molecular complexity index is 997. The van der Waals surface area contributed by atoms with Crippen LogP contribution in [0, 0.1) is 11.8 Å². The molecule has 2 N–H and O–H groups in total. The second-order valence-electron chi connectivity index (χ2n) is 10.3. The van der Waals surface area contributed by atoms with Crippen molar-refractivity contribution < 1.29 is 31.1 Å². The monoisotopic (exact) mass is 505 g/mol. The van der Waals surface area contributed by atoms with Gasteiger partial charge in [0.2, 0.25) is 0 Å². The van der Waals surface area contributed by atoms with Crippen LogP contribution in [0.25, 0.3) is 0 Å². The van der Waals surface area contributed by atoms with Crippen LogP contribution in [0.4, 0.5) is 13.2 Å². The Hall–Kier alpha value is -1.85. The molecule has 2 bridgehead atoms. The molecule has 1 aromatic rings. The molecule has 1 unspecified atom stereocenters. The summed E-state index contributed by atoms with van der Waals surface area (Å²) in [6.45, 7) is 3.39. The maximum atomic E-state index is 12.9. The summed E-state index contributed by atoms with van der Waals surface area (Å²) < 4.78 is 73.3. The molecule has 2 aliphatic rings. The normalized spacial score (nSPS) is 25.4. The summed E-state index contributed by atoms with van der Waals surface area (Å²) in [4.78, 5) is 12.7. The summed E-state index contributed by atoms with van der Waals surface area (Å²) in [7, 11) is -0.525. The van der Waals surface area contributed by atoms with E-state index in [2.05, 4.69) is 10.0 Å². The molecule has 3 atom stereocenters. The first-order chi connectivity index (χ1) is 15.6. The van der Waals surface area contributed by atoms with Gasteiger partial charge in [0.15, 0.2) is 5.60 Å². The van der Waals surface area contributed by atoms with Gasteiger partial charge < -0.3 is 10.1 Å². The zero-order valence-electron chi connectivity index (χ0n) is 20.0. The van der Waals surface area contributed by atoms with Gasteiger partial charge in [-0.15, -0.1) is 0 Å². The number of hydrogen-bond donors (Lipinski definition) is 2. The third-order valence-corrected chi connectivity index (χ3v) is 8.45. The fourth-order valence-corrected chi connectivity index (χ4v) is 6.13. The molecule has 11 heteroatoms. The molecule has 1 aromatic carbocycles. The third kappa shape index (κ3) is 6.42. The van der Waals surface area contributed by atoms with Crippen molar-refractivity contribution in [1.29, 1.82) is 0 Å². The van der Waals surface area contributed by atoms with E-state index in [1.165, 1.54) is 44.4 Å². The lowest BCUT2D eigenvalue weighted by atomic mass is 9.75. The van der Waals surface area contributed by atoms with E-state index in [1.54, 1.807) is 0 Å². The molecule has 192 valence electrons. The summed E-state index contributed by atoms with van der Waals surface area (Å²) in [5.74, 6) is 0.263. The predicted molar refractivity (Wildman–Crippen MR) is 122 cm³/mol. The van der Waals surface area contributed by atoms with Gasteiger partial charge in [0.25, 0.3) is 16.1 Å². The number of hydrogen-bond acceptors (Lipinski definition) is 4. The number of rotatable bonds is 9. The molecule has 2 aliphatic carbocycles. The van der Waals surface area contributed by atoms with Gasteiger partial charge in [-0.25, -0.2) is 0 Å². The van der Waals surface area contributed by atoms with Crippen molar-refractivity contribution in [2.75, 3.05) is 20.6 Å². The van der Waals surface area contributed by atoms with Crippen LogP contribution in [0.5, 0.6) is 5.75 Å².